The van der Waals surface area contributed by atoms with E-state index >= 15 is 0 Å². The van der Waals surface area contributed by atoms with Gasteiger partial charge in [0.25, 0.3) is 0 Å². The number of aromatic nitrogens is 2. The van der Waals surface area contributed by atoms with Crippen molar-refractivity contribution >= 4 is 0 Å². The van der Waals surface area contributed by atoms with Crippen LogP contribution in [0.2, 0.25) is 0 Å². The van der Waals surface area contributed by atoms with Crippen LogP contribution in [-0.4, -0.2) is 55.1 Å². The average molecular weight is 442 g/mol. The minimum atomic E-state index is -0.623. The fraction of sp³-hybridized carbons (Fsp3) is 0.400. The predicted molar refractivity (Wildman–Crippen MR) is 123 cm³/mol. The summed E-state index contributed by atoms with van der Waals surface area (Å²) in [7, 11) is 5.64. The monoisotopic (exact) mass is 441 g/mol. The van der Waals surface area contributed by atoms with E-state index in [2.05, 4.69) is 24.0 Å². The molecule has 1 heterocycles. The Morgan fingerprint density at radius 1 is 0.969 bits per heavy atom. The Bertz CT molecular complexity index is 959. The first-order valence-electron chi connectivity index (χ1n) is 10.8. The van der Waals surface area contributed by atoms with Crippen molar-refractivity contribution in [3.05, 3.63) is 77.9 Å². The van der Waals surface area contributed by atoms with E-state index in [-0.39, 0.29) is 5.82 Å². The molecule has 0 N–H and O–H groups in total. The van der Waals surface area contributed by atoms with E-state index in [1.807, 2.05) is 42.1 Å². The number of hydrogen-bond acceptors (Lipinski definition) is 5. The van der Waals surface area contributed by atoms with Crippen molar-refractivity contribution in [2.75, 3.05) is 40.5 Å². The van der Waals surface area contributed by atoms with Crippen LogP contribution in [0.5, 0.6) is 11.5 Å². The number of benzene rings is 2. The minimum absolute atomic E-state index is 0.262. The molecule has 6 nitrogen and oxygen atoms in total. The summed E-state index contributed by atoms with van der Waals surface area (Å²) < 4.78 is 32.2. The standard InChI is InChI=1S/C25H32FN3O3/c1-25(24-14-15-27-29(24)3,20-6-10-22(30-4)11-7-20)32-18-5-16-28(2)17-19-31-23-12-8-21(26)9-13-23/h6-15H,5,16-19H2,1-4H3. The lowest BCUT2D eigenvalue weighted by Crippen LogP contribution is -2.32. The molecule has 1 atom stereocenters. The highest BCUT2D eigenvalue weighted by atomic mass is 19.1. The maximum absolute atomic E-state index is 13.0. The van der Waals surface area contributed by atoms with Gasteiger partial charge in [-0.2, -0.15) is 5.10 Å². The molecule has 1 aromatic heterocycles. The summed E-state index contributed by atoms with van der Waals surface area (Å²) in [6.07, 6.45) is 2.66. The zero-order chi connectivity index (χ0) is 23.0. The number of rotatable bonds is 12. The van der Waals surface area contributed by atoms with E-state index in [9.17, 15) is 4.39 Å². The largest absolute Gasteiger partial charge is 0.497 e. The number of methoxy groups -OCH3 is 1. The summed E-state index contributed by atoms with van der Waals surface area (Å²) in [5, 5.41) is 4.33. The first kappa shape index (κ1) is 23.8. The van der Waals surface area contributed by atoms with Crippen LogP contribution in [0.1, 0.15) is 24.6 Å². The van der Waals surface area contributed by atoms with Crippen LogP contribution >= 0.6 is 0 Å². The number of aryl methyl sites for hydroxylation is 1. The third-order valence-electron chi connectivity index (χ3n) is 5.58. The topological polar surface area (TPSA) is 48.8 Å². The fourth-order valence-electron chi connectivity index (χ4n) is 3.63. The zero-order valence-electron chi connectivity index (χ0n) is 19.3. The summed E-state index contributed by atoms with van der Waals surface area (Å²) in [4.78, 5) is 2.20. The van der Waals surface area contributed by atoms with E-state index in [0.29, 0.717) is 19.0 Å². The second-order valence-corrected chi connectivity index (χ2v) is 7.91. The van der Waals surface area contributed by atoms with Gasteiger partial charge in [0.2, 0.25) is 0 Å². The molecule has 0 aliphatic rings. The molecule has 3 aromatic rings. The normalized spacial score (nSPS) is 13.2. The maximum atomic E-state index is 13.0. The molecule has 0 amide bonds. The van der Waals surface area contributed by atoms with Crippen molar-refractivity contribution < 1.29 is 18.6 Å². The number of hydrogen-bond donors (Lipinski definition) is 0. The summed E-state index contributed by atoms with van der Waals surface area (Å²) >= 11 is 0. The van der Waals surface area contributed by atoms with Gasteiger partial charge in [-0.15, -0.1) is 0 Å². The lowest BCUT2D eigenvalue weighted by molar-refractivity contribution is -0.0134. The van der Waals surface area contributed by atoms with E-state index in [1.54, 1.807) is 25.4 Å². The van der Waals surface area contributed by atoms with Crippen molar-refractivity contribution in [1.29, 1.82) is 0 Å². The van der Waals surface area contributed by atoms with Crippen LogP contribution in [0, 0.1) is 5.82 Å². The summed E-state index contributed by atoms with van der Waals surface area (Å²) in [6, 6.07) is 16.0. The Kier molecular flexibility index (Phi) is 8.25. The molecule has 0 aliphatic carbocycles. The van der Waals surface area contributed by atoms with Crippen molar-refractivity contribution in [2.45, 2.75) is 18.9 Å². The fourth-order valence-corrected chi connectivity index (χ4v) is 3.63. The van der Waals surface area contributed by atoms with Crippen molar-refractivity contribution in [2.24, 2.45) is 7.05 Å². The van der Waals surface area contributed by atoms with E-state index in [1.165, 1.54) is 12.1 Å². The third kappa shape index (κ3) is 6.08. The number of nitrogens with zero attached hydrogens (tertiary/aromatic N) is 3. The molecule has 2 aromatic carbocycles. The third-order valence-corrected chi connectivity index (χ3v) is 5.58. The van der Waals surface area contributed by atoms with Gasteiger partial charge in [-0.3, -0.25) is 4.68 Å². The van der Waals surface area contributed by atoms with Crippen LogP contribution in [0.25, 0.3) is 0 Å². The Balaban J connectivity index is 1.51. The SMILES string of the molecule is COc1ccc(C(C)(OCCCN(C)CCOc2ccc(F)cc2)c2ccnn2C)cc1. The average Bonchev–Trinajstić information content (AvgIpc) is 3.24. The molecule has 0 bridgehead atoms. The highest BCUT2D eigenvalue weighted by Gasteiger charge is 2.32. The smallest absolute Gasteiger partial charge is 0.132 e. The van der Waals surface area contributed by atoms with E-state index in [4.69, 9.17) is 14.2 Å². The van der Waals surface area contributed by atoms with E-state index < -0.39 is 5.60 Å². The van der Waals surface area contributed by atoms with Crippen LogP contribution in [0.4, 0.5) is 4.39 Å². The van der Waals surface area contributed by atoms with Crippen LogP contribution < -0.4 is 9.47 Å². The Morgan fingerprint density at radius 3 is 2.28 bits per heavy atom. The van der Waals surface area contributed by atoms with Crippen LogP contribution in [-0.2, 0) is 17.4 Å². The zero-order valence-corrected chi connectivity index (χ0v) is 19.3. The molecule has 1 unspecified atom stereocenters. The molecule has 7 heteroatoms. The van der Waals surface area contributed by atoms with Crippen molar-refractivity contribution in [3.8, 4) is 11.5 Å². The Labute approximate surface area is 189 Å². The first-order chi connectivity index (χ1) is 15.4. The van der Waals surface area contributed by atoms with E-state index in [0.717, 1.165) is 36.5 Å². The van der Waals surface area contributed by atoms with Gasteiger partial charge in [0.1, 0.15) is 29.5 Å². The molecule has 32 heavy (non-hydrogen) atoms. The predicted octanol–water partition coefficient (Wildman–Crippen LogP) is 4.25. The number of halogens is 1. The second kappa shape index (κ2) is 11.1. The molecule has 3 rings (SSSR count). The van der Waals surface area contributed by atoms with Crippen molar-refractivity contribution in [3.63, 3.8) is 0 Å². The molecule has 0 saturated heterocycles. The van der Waals surface area contributed by atoms with Gasteiger partial charge in [0.05, 0.1) is 12.8 Å². The van der Waals surface area contributed by atoms with Gasteiger partial charge >= 0.3 is 0 Å². The van der Waals surface area contributed by atoms with Gasteiger partial charge < -0.3 is 19.1 Å². The van der Waals surface area contributed by atoms with Crippen LogP contribution in [0.15, 0.2) is 60.8 Å². The quantitative estimate of drug-likeness (QED) is 0.393. The number of ether oxygens (including phenoxy) is 3. The van der Waals surface area contributed by atoms with Gasteiger partial charge in [0.15, 0.2) is 0 Å². The van der Waals surface area contributed by atoms with Gasteiger partial charge in [-0.25, -0.2) is 4.39 Å². The Hall–Kier alpha value is -2.90. The molecule has 0 fully saturated rings. The highest BCUT2D eigenvalue weighted by Crippen LogP contribution is 2.34. The minimum Gasteiger partial charge on any atom is -0.497 e. The molecular formula is C25H32FN3O3. The summed E-state index contributed by atoms with van der Waals surface area (Å²) in [5.74, 6) is 1.22. The molecular weight excluding hydrogens is 409 g/mol. The highest BCUT2D eigenvalue weighted by molar-refractivity contribution is 5.36. The lowest BCUT2D eigenvalue weighted by Gasteiger charge is -2.31. The van der Waals surface area contributed by atoms with Gasteiger partial charge in [0, 0.05) is 32.9 Å². The molecule has 0 aliphatic heterocycles. The van der Waals surface area contributed by atoms with Gasteiger partial charge in [-0.1, -0.05) is 12.1 Å². The molecule has 0 radical (unpaired) electrons. The summed E-state index contributed by atoms with van der Waals surface area (Å²) in [5.41, 5.74) is 1.41. The molecule has 0 saturated carbocycles. The molecule has 172 valence electrons. The number of likely N-dealkylation sites (N-methyl/N-ethyl adjacent to an activating group) is 1. The van der Waals surface area contributed by atoms with Gasteiger partial charge in [-0.05, 0) is 68.4 Å². The van der Waals surface area contributed by atoms with Crippen molar-refractivity contribution in [1.82, 2.24) is 14.7 Å². The first-order valence-corrected chi connectivity index (χ1v) is 10.8. The lowest BCUT2D eigenvalue weighted by atomic mass is 9.92. The Morgan fingerprint density at radius 2 is 1.66 bits per heavy atom. The summed E-state index contributed by atoms with van der Waals surface area (Å²) in [6.45, 7) is 4.86. The maximum Gasteiger partial charge on any atom is 0.132 e. The molecule has 0 spiro atoms. The van der Waals surface area contributed by atoms with Crippen LogP contribution in [0.3, 0.4) is 0 Å². The second-order valence-electron chi connectivity index (χ2n) is 7.91.